The number of aromatic nitrogens is 1. The smallest absolute Gasteiger partial charge is 0.236 e. The van der Waals surface area contributed by atoms with E-state index in [1.54, 1.807) is 6.20 Å². The molecule has 0 unspecified atom stereocenters. The van der Waals surface area contributed by atoms with E-state index in [4.69, 9.17) is 0 Å². The minimum Gasteiger partial charge on any atom is -0.388 e. The van der Waals surface area contributed by atoms with Crippen LogP contribution in [0.2, 0.25) is 0 Å². The van der Waals surface area contributed by atoms with Gasteiger partial charge in [-0.3, -0.25) is 4.79 Å². The molecule has 1 aromatic carbocycles. The van der Waals surface area contributed by atoms with E-state index in [2.05, 4.69) is 34.7 Å². The summed E-state index contributed by atoms with van der Waals surface area (Å²) >= 11 is 0. The molecule has 1 aromatic heterocycles. The number of hydrogen-bond acceptors (Lipinski definition) is 3. The molecule has 2 N–H and O–H groups in total. The molecule has 21 heavy (non-hydrogen) atoms. The molecule has 2 heterocycles. The summed E-state index contributed by atoms with van der Waals surface area (Å²) in [5, 5.41) is 6.02. The Kier molecular flexibility index (Phi) is 3.16. The zero-order chi connectivity index (χ0) is 15.0. The van der Waals surface area contributed by atoms with E-state index in [1.807, 2.05) is 32.2 Å². The van der Waals surface area contributed by atoms with Gasteiger partial charge in [0.15, 0.2) is 0 Å². The molecule has 4 heteroatoms. The van der Waals surface area contributed by atoms with Crippen molar-refractivity contribution in [3.63, 3.8) is 0 Å². The molecule has 0 bridgehead atoms. The summed E-state index contributed by atoms with van der Waals surface area (Å²) in [6.07, 6.45) is 2.38. The number of anilines is 2. The van der Waals surface area contributed by atoms with Crippen molar-refractivity contribution in [2.75, 3.05) is 17.7 Å². The Morgan fingerprint density at radius 2 is 2.14 bits per heavy atom. The van der Waals surface area contributed by atoms with Gasteiger partial charge in [-0.25, -0.2) is 4.98 Å². The average Bonchev–Trinajstić information content (AvgIpc) is 2.73. The van der Waals surface area contributed by atoms with Crippen molar-refractivity contribution < 1.29 is 4.79 Å². The van der Waals surface area contributed by atoms with Gasteiger partial charge in [-0.1, -0.05) is 12.1 Å². The first-order chi connectivity index (χ1) is 10.0. The Morgan fingerprint density at radius 1 is 1.33 bits per heavy atom. The molecule has 108 valence electrons. The van der Waals surface area contributed by atoms with Crippen molar-refractivity contribution in [1.29, 1.82) is 0 Å². The van der Waals surface area contributed by atoms with Crippen LogP contribution < -0.4 is 10.6 Å². The molecule has 1 aliphatic heterocycles. The lowest BCUT2D eigenvalue weighted by atomic mass is 9.78. The van der Waals surface area contributed by atoms with Crippen molar-refractivity contribution in [1.82, 2.24) is 4.98 Å². The standard InChI is InChI=1S/C17H19N3O/c1-11-9-13(18-3)7-6-12(11)10-17(2)14-5-4-8-19-15(14)20-16(17)21/h4-9,18H,10H2,1-3H3,(H,19,20,21)/t17-/m0/s1. The molecular weight excluding hydrogens is 262 g/mol. The van der Waals surface area contributed by atoms with Crippen molar-refractivity contribution >= 4 is 17.4 Å². The number of hydrogen-bond donors (Lipinski definition) is 2. The molecule has 0 fully saturated rings. The quantitative estimate of drug-likeness (QED) is 0.909. The second-order valence-electron chi connectivity index (χ2n) is 5.75. The number of carbonyl (C=O) groups is 1. The topological polar surface area (TPSA) is 54.0 Å². The maximum atomic E-state index is 12.4. The summed E-state index contributed by atoms with van der Waals surface area (Å²) < 4.78 is 0. The van der Waals surface area contributed by atoms with Crippen LogP contribution in [0.15, 0.2) is 36.5 Å². The summed E-state index contributed by atoms with van der Waals surface area (Å²) in [6.45, 7) is 4.07. The Balaban J connectivity index is 1.99. The van der Waals surface area contributed by atoms with Crippen LogP contribution in [0.3, 0.4) is 0 Å². The third kappa shape index (κ3) is 2.17. The van der Waals surface area contributed by atoms with Gasteiger partial charge in [-0.05, 0) is 49.6 Å². The van der Waals surface area contributed by atoms with Crippen LogP contribution in [0.5, 0.6) is 0 Å². The van der Waals surface area contributed by atoms with Gasteiger partial charge < -0.3 is 10.6 Å². The Hall–Kier alpha value is -2.36. The Labute approximate surface area is 124 Å². The fraction of sp³-hybridized carbons (Fsp3) is 0.294. The first kappa shape index (κ1) is 13.6. The number of rotatable bonds is 3. The summed E-state index contributed by atoms with van der Waals surface area (Å²) in [6, 6.07) is 10.1. The van der Waals surface area contributed by atoms with Crippen molar-refractivity contribution in [2.45, 2.75) is 25.7 Å². The van der Waals surface area contributed by atoms with Crippen molar-refractivity contribution in [3.8, 4) is 0 Å². The van der Waals surface area contributed by atoms with E-state index in [0.717, 1.165) is 11.3 Å². The van der Waals surface area contributed by atoms with Crippen LogP contribution in [0.1, 0.15) is 23.6 Å². The first-order valence-corrected chi connectivity index (χ1v) is 7.09. The highest BCUT2D eigenvalue weighted by Crippen LogP contribution is 2.39. The maximum Gasteiger partial charge on any atom is 0.236 e. The third-order valence-corrected chi connectivity index (χ3v) is 4.31. The van der Waals surface area contributed by atoms with Crippen LogP contribution in [0, 0.1) is 6.92 Å². The highest BCUT2D eigenvalue weighted by atomic mass is 16.2. The number of amides is 1. The molecule has 1 atom stereocenters. The summed E-state index contributed by atoms with van der Waals surface area (Å²) in [5.41, 5.74) is 3.87. The van der Waals surface area contributed by atoms with Gasteiger partial charge in [0.1, 0.15) is 5.82 Å². The highest BCUT2D eigenvalue weighted by Gasteiger charge is 2.43. The van der Waals surface area contributed by atoms with Gasteiger partial charge in [-0.15, -0.1) is 0 Å². The highest BCUT2D eigenvalue weighted by molar-refractivity contribution is 6.05. The number of nitrogens with one attached hydrogen (secondary N) is 2. The van der Waals surface area contributed by atoms with E-state index < -0.39 is 5.41 Å². The zero-order valence-corrected chi connectivity index (χ0v) is 12.5. The SMILES string of the molecule is CNc1ccc(C[C@]2(C)C(=O)Nc3ncccc32)c(C)c1. The molecular formula is C17H19N3O. The second-order valence-corrected chi connectivity index (χ2v) is 5.75. The second kappa shape index (κ2) is 4.88. The molecule has 1 aliphatic rings. The van der Waals surface area contributed by atoms with E-state index in [1.165, 1.54) is 11.1 Å². The predicted octanol–water partition coefficient (Wildman–Crippen LogP) is 2.88. The normalized spacial score (nSPS) is 20.0. The van der Waals surface area contributed by atoms with Crippen LogP contribution in [0.25, 0.3) is 0 Å². The van der Waals surface area contributed by atoms with E-state index in [0.29, 0.717) is 12.2 Å². The van der Waals surface area contributed by atoms with Crippen LogP contribution >= 0.6 is 0 Å². The summed E-state index contributed by atoms with van der Waals surface area (Å²) in [7, 11) is 1.90. The molecule has 0 aliphatic carbocycles. The largest absolute Gasteiger partial charge is 0.388 e. The first-order valence-electron chi connectivity index (χ1n) is 7.09. The number of aryl methyl sites for hydroxylation is 1. The molecule has 4 nitrogen and oxygen atoms in total. The lowest BCUT2D eigenvalue weighted by molar-refractivity contribution is -0.120. The van der Waals surface area contributed by atoms with Crippen LogP contribution in [0.4, 0.5) is 11.5 Å². The predicted molar refractivity (Wildman–Crippen MR) is 84.6 cm³/mol. The fourth-order valence-corrected chi connectivity index (χ4v) is 2.92. The van der Waals surface area contributed by atoms with E-state index in [9.17, 15) is 4.79 Å². The lowest BCUT2D eigenvalue weighted by Crippen LogP contribution is -2.33. The van der Waals surface area contributed by atoms with Gasteiger partial charge in [0.05, 0.1) is 5.41 Å². The van der Waals surface area contributed by atoms with Gasteiger partial charge in [0, 0.05) is 24.5 Å². The third-order valence-electron chi connectivity index (χ3n) is 4.31. The van der Waals surface area contributed by atoms with Crippen LogP contribution in [-0.2, 0) is 16.6 Å². The molecule has 1 amide bonds. The zero-order valence-electron chi connectivity index (χ0n) is 12.5. The minimum atomic E-state index is -0.560. The molecule has 0 saturated carbocycles. The lowest BCUT2D eigenvalue weighted by Gasteiger charge is -2.23. The van der Waals surface area contributed by atoms with Gasteiger partial charge in [0.2, 0.25) is 5.91 Å². The summed E-state index contributed by atoms with van der Waals surface area (Å²) in [4.78, 5) is 16.7. The number of fused-ring (bicyclic) bond motifs is 1. The molecule has 0 spiro atoms. The minimum absolute atomic E-state index is 0.0216. The van der Waals surface area contributed by atoms with Gasteiger partial charge in [0.25, 0.3) is 0 Å². The average molecular weight is 281 g/mol. The Morgan fingerprint density at radius 3 is 2.86 bits per heavy atom. The number of carbonyl (C=O) groups excluding carboxylic acids is 1. The molecule has 3 rings (SSSR count). The number of nitrogens with zero attached hydrogens (tertiary/aromatic N) is 1. The van der Waals surface area contributed by atoms with E-state index in [-0.39, 0.29) is 5.91 Å². The molecule has 0 saturated heterocycles. The Bertz CT molecular complexity index is 711. The summed E-state index contributed by atoms with van der Waals surface area (Å²) in [5.74, 6) is 0.711. The fourth-order valence-electron chi connectivity index (χ4n) is 2.92. The van der Waals surface area contributed by atoms with E-state index >= 15 is 0 Å². The van der Waals surface area contributed by atoms with Gasteiger partial charge in [-0.2, -0.15) is 0 Å². The molecule has 0 radical (unpaired) electrons. The number of pyridine rings is 1. The monoisotopic (exact) mass is 281 g/mol. The maximum absolute atomic E-state index is 12.4. The van der Waals surface area contributed by atoms with Crippen molar-refractivity contribution in [3.05, 3.63) is 53.2 Å². The van der Waals surface area contributed by atoms with Gasteiger partial charge >= 0.3 is 0 Å². The molecule has 2 aromatic rings. The van der Waals surface area contributed by atoms with Crippen LogP contribution in [-0.4, -0.2) is 17.9 Å². The number of benzene rings is 1. The van der Waals surface area contributed by atoms with Crippen molar-refractivity contribution in [2.24, 2.45) is 0 Å².